The van der Waals surface area contributed by atoms with E-state index in [9.17, 15) is 0 Å². The van der Waals surface area contributed by atoms with Crippen molar-refractivity contribution in [3.8, 4) is 0 Å². The van der Waals surface area contributed by atoms with E-state index < -0.39 is 0 Å². The number of hydrogen-bond donors (Lipinski definition) is 1. The summed E-state index contributed by atoms with van der Waals surface area (Å²) in [5.74, 6) is 1.51. The van der Waals surface area contributed by atoms with Gasteiger partial charge in [0.2, 0.25) is 0 Å². The van der Waals surface area contributed by atoms with Crippen LogP contribution in [0.4, 0.5) is 5.13 Å². The summed E-state index contributed by atoms with van der Waals surface area (Å²) in [5.41, 5.74) is 4.86. The van der Waals surface area contributed by atoms with Gasteiger partial charge in [-0.05, 0) is 48.2 Å². The summed E-state index contributed by atoms with van der Waals surface area (Å²) >= 11 is 16.0. The lowest BCUT2D eigenvalue weighted by molar-refractivity contribution is 0.643. The van der Waals surface area contributed by atoms with Crippen molar-refractivity contribution in [1.29, 1.82) is 0 Å². The molecule has 3 nitrogen and oxygen atoms in total. The number of halogens is 2. The maximum atomic E-state index is 6.28. The Hall–Kier alpha value is -1.40. The molecule has 1 N–H and O–H groups in total. The van der Waals surface area contributed by atoms with E-state index in [0.717, 1.165) is 49.8 Å². The molecule has 1 unspecified atom stereocenters. The molecule has 3 heterocycles. The molecule has 2 aromatic carbocycles. The van der Waals surface area contributed by atoms with Gasteiger partial charge in [0, 0.05) is 44.9 Å². The predicted octanol–water partition coefficient (Wildman–Crippen LogP) is 6.55. The summed E-state index contributed by atoms with van der Waals surface area (Å²) in [4.78, 5) is 10.9. The first-order chi connectivity index (χ1) is 13.1. The molecular formula is C20H17Cl2N3S2. The van der Waals surface area contributed by atoms with E-state index in [1.165, 1.54) is 16.6 Å². The zero-order chi connectivity index (χ0) is 18.5. The van der Waals surface area contributed by atoms with Gasteiger partial charge in [0.05, 0.1) is 16.8 Å². The fourth-order valence-corrected chi connectivity index (χ4v) is 6.05. The fraction of sp³-hybridized carbons (Fsp3) is 0.250. The van der Waals surface area contributed by atoms with Crippen molar-refractivity contribution in [2.75, 3.05) is 23.5 Å². The molecule has 7 heteroatoms. The molecule has 5 rings (SSSR count). The average Bonchev–Trinajstić information content (AvgIpc) is 3.22. The second-order valence-corrected chi connectivity index (χ2v) is 9.64. The Morgan fingerprint density at radius 2 is 2.04 bits per heavy atom. The van der Waals surface area contributed by atoms with E-state index in [4.69, 9.17) is 28.2 Å². The van der Waals surface area contributed by atoms with Crippen LogP contribution in [0.25, 0.3) is 21.1 Å². The van der Waals surface area contributed by atoms with Crippen molar-refractivity contribution in [3.63, 3.8) is 0 Å². The van der Waals surface area contributed by atoms with Gasteiger partial charge in [0.25, 0.3) is 0 Å². The molecule has 1 atom stereocenters. The molecule has 0 fully saturated rings. The van der Waals surface area contributed by atoms with Gasteiger partial charge in [-0.15, -0.1) is 0 Å². The topological polar surface area (TPSA) is 31.9 Å². The van der Waals surface area contributed by atoms with E-state index in [1.807, 2.05) is 36.0 Å². The normalized spacial score (nSPS) is 17.0. The van der Waals surface area contributed by atoms with Crippen LogP contribution in [0.3, 0.4) is 0 Å². The highest BCUT2D eigenvalue weighted by molar-refractivity contribution is 7.98. The number of nitrogens with one attached hydrogen (secondary N) is 1. The number of benzene rings is 2. The molecule has 0 spiro atoms. The van der Waals surface area contributed by atoms with Gasteiger partial charge >= 0.3 is 0 Å². The molecule has 2 aromatic heterocycles. The second kappa shape index (κ2) is 6.89. The lowest BCUT2D eigenvalue weighted by Gasteiger charge is -2.32. The van der Waals surface area contributed by atoms with Gasteiger partial charge < -0.3 is 9.88 Å². The smallest absolute Gasteiger partial charge is 0.186 e. The Kier molecular flexibility index (Phi) is 4.51. The molecule has 0 radical (unpaired) electrons. The first kappa shape index (κ1) is 17.7. The van der Waals surface area contributed by atoms with Crippen LogP contribution in [0.5, 0.6) is 0 Å². The van der Waals surface area contributed by atoms with E-state index in [-0.39, 0.29) is 0 Å². The van der Waals surface area contributed by atoms with Crippen molar-refractivity contribution in [1.82, 2.24) is 9.97 Å². The van der Waals surface area contributed by atoms with E-state index in [1.54, 1.807) is 11.3 Å². The zero-order valence-electron chi connectivity index (χ0n) is 14.6. The Morgan fingerprint density at radius 3 is 2.89 bits per heavy atom. The highest BCUT2D eigenvalue weighted by Crippen LogP contribution is 2.40. The van der Waals surface area contributed by atoms with Gasteiger partial charge in [0.15, 0.2) is 5.13 Å². The van der Waals surface area contributed by atoms with Crippen LogP contribution in [0.1, 0.15) is 17.2 Å². The molecule has 4 aromatic rings. The summed E-state index contributed by atoms with van der Waals surface area (Å²) in [6.07, 6.45) is 2.17. The third kappa shape index (κ3) is 3.11. The molecule has 0 saturated heterocycles. The lowest BCUT2D eigenvalue weighted by Crippen LogP contribution is -2.34. The van der Waals surface area contributed by atoms with E-state index in [2.05, 4.69) is 28.3 Å². The lowest BCUT2D eigenvalue weighted by atomic mass is 9.93. The van der Waals surface area contributed by atoms with Gasteiger partial charge in [0.1, 0.15) is 0 Å². The van der Waals surface area contributed by atoms with Crippen LogP contribution in [0.15, 0.2) is 36.4 Å². The van der Waals surface area contributed by atoms with E-state index >= 15 is 0 Å². The van der Waals surface area contributed by atoms with Crippen molar-refractivity contribution in [2.45, 2.75) is 12.5 Å². The first-order valence-corrected chi connectivity index (χ1v) is 11.7. The molecule has 1 aliphatic heterocycles. The fourth-order valence-electron chi connectivity index (χ4n) is 3.95. The number of nitrogens with zero attached hydrogens (tertiary/aromatic N) is 2. The largest absolute Gasteiger partial charge is 0.357 e. The zero-order valence-corrected chi connectivity index (χ0v) is 17.8. The van der Waals surface area contributed by atoms with Crippen LogP contribution >= 0.6 is 46.3 Å². The van der Waals surface area contributed by atoms with Crippen molar-refractivity contribution in [3.05, 3.63) is 57.7 Å². The quantitative estimate of drug-likeness (QED) is 0.397. The SMILES string of the molecule is CSCC1CN(c2nc3ccc(Cl)cc3s2)Cc2[nH]c3ccc(Cl)cc3c21. The standard InChI is InChI=1S/C20H17Cl2N3S2/c1-26-10-11-8-25(20-24-16-5-3-13(22)7-18(16)27-20)9-17-19(11)14-6-12(21)2-4-15(14)23-17/h2-7,11,23H,8-10H2,1H3. The second-order valence-electron chi connectivity index (χ2n) is 6.85. The number of aromatic amines is 1. The highest BCUT2D eigenvalue weighted by atomic mass is 35.5. The predicted molar refractivity (Wildman–Crippen MR) is 120 cm³/mol. The van der Waals surface area contributed by atoms with Crippen LogP contribution in [-0.2, 0) is 6.54 Å². The van der Waals surface area contributed by atoms with Crippen molar-refractivity contribution in [2.24, 2.45) is 0 Å². The van der Waals surface area contributed by atoms with Gasteiger partial charge in [-0.2, -0.15) is 11.8 Å². The summed E-state index contributed by atoms with van der Waals surface area (Å²) in [6, 6.07) is 12.0. The van der Waals surface area contributed by atoms with E-state index in [0.29, 0.717) is 5.92 Å². The Balaban J connectivity index is 1.59. The number of H-pyrrole nitrogens is 1. The van der Waals surface area contributed by atoms with Gasteiger partial charge in [-0.1, -0.05) is 34.5 Å². The summed E-state index contributed by atoms with van der Waals surface area (Å²) in [6.45, 7) is 1.79. The van der Waals surface area contributed by atoms with Crippen LogP contribution in [0.2, 0.25) is 10.0 Å². The molecule has 0 amide bonds. The monoisotopic (exact) mass is 433 g/mol. The third-order valence-electron chi connectivity index (χ3n) is 5.06. The van der Waals surface area contributed by atoms with Crippen LogP contribution < -0.4 is 4.90 Å². The number of rotatable bonds is 3. The number of thioether (sulfide) groups is 1. The summed E-state index contributed by atoms with van der Waals surface area (Å²) in [5, 5.41) is 3.86. The Labute approximate surface area is 175 Å². The third-order valence-corrected chi connectivity index (χ3v) is 7.34. The summed E-state index contributed by atoms with van der Waals surface area (Å²) in [7, 11) is 0. The minimum atomic E-state index is 0.437. The van der Waals surface area contributed by atoms with Crippen LogP contribution in [0, 0.1) is 0 Å². The Morgan fingerprint density at radius 1 is 1.22 bits per heavy atom. The van der Waals surface area contributed by atoms with Gasteiger partial charge in [-0.25, -0.2) is 4.98 Å². The van der Waals surface area contributed by atoms with Crippen molar-refractivity contribution >= 4 is 72.6 Å². The van der Waals surface area contributed by atoms with Gasteiger partial charge in [-0.3, -0.25) is 0 Å². The number of anilines is 1. The molecule has 0 saturated carbocycles. The maximum absolute atomic E-state index is 6.28. The molecular weight excluding hydrogens is 417 g/mol. The summed E-state index contributed by atoms with van der Waals surface area (Å²) < 4.78 is 1.13. The first-order valence-electron chi connectivity index (χ1n) is 8.72. The number of aromatic nitrogens is 2. The molecule has 27 heavy (non-hydrogen) atoms. The van der Waals surface area contributed by atoms with Crippen molar-refractivity contribution < 1.29 is 0 Å². The molecule has 138 valence electrons. The molecule has 0 aliphatic carbocycles. The average molecular weight is 434 g/mol. The minimum absolute atomic E-state index is 0.437. The number of fused-ring (bicyclic) bond motifs is 4. The molecule has 1 aliphatic rings. The number of thiazole rings is 1. The van der Waals surface area contributed by atoms with Crippen LogP contribution in [-0.4, -0.2) is 28.5 Å². The Bertz CT molecular complexity index is 1150. The molecule has 0 bridgehead atoms. The maximum Gasteiger partial charge on any atom is 0.186 e. The number of hydrogen-bond acceptors (Lipinski definition) is 4. The minimum Gasteiger partial charge on any atom is -0.357 e. The highest BCUT2D eigenvalue weighted by Gasteiger charge is 2.30.